The fourth-order valence-corrected chi connectivity index (χ4v) is 2.78. The van der Waals surface area contributed by atoms with Crippen LogP contribution >= 0.6 is 0 Å². The van der Waals surface area contributed by atoms with E-state index in [4.69, 9.17) is 18.9 Å². The van der Waals surface area contributed by atoms with Gasteiger partial charge in [0.15, 0.2) is 18.1 Å². The molecule has 0 heterocycles. The van der Waals surface area contributed by atoms with Crippen LogP contribution in [-0.2, 0) is 36.7 Å². The summed E-state index contributed by atoms with van der Waals surface area (Å²) >= 11 is 0. The van der Waals surface area contributed by atoms with Crippen molar-refractivity contribution in [3.8, 4) is 11.5 Å². The lowest BCUT2D eigenvalue weighted by molar-refractivity contribution is -0.149. The number of rotatable bonds is 10. The number of amides is 1. The number of hydrogen-bond acceptors (Lipinski definition) is 7. The molecule has 0 aliphatic carbocycles. The van der Waals surface area contributed by atoms with Crippen molar-refractivity contribution < 1.29 is 33.3 Å². The largest absolute Gasteiger partial charge is 0.493 e. The highest BCUT2D eigenvalue weighted by molar-refractivity contribution is 5.86. The van der Waals surface area contributed by atoms with Crippen molar-refractivity contribution in [2.75, 3.05) is 27.9 Å². The van der Waals surface area contributed by atoms with Crippen LogP contribution in [0.4, 0.5) is 0 Å². The van der Waals surface area contributed by atoms with Gasteiger partial charge in [-0.05, 0) is 23.3 Å². The molecule has 2 aromatic carbocycles. The third kappa shape index (κ3) is 6.80. The normalized spacial score (nSPS) is 11.2. The van der Waals surface area contributed by atoms with E-state index in [2.05, 4.69) is 5.32 Å². The number of carbonyl (C=O) groups excluding carboxylic acids is 3. The molecule has 8 heteroatoms. The van der Waals surface area contributed by atoms with Crippen LogP contribution in [0.5, 0.6) is 11.5 Å². The molecule has 0 saturated carbocycles. The van der Waals surface area contributed by atoms with E-state index in [1.807, 2.05) is 30.3 Å². The number of esters is 2. The van der Waals surface area contributed by atoms with Gasteiger partial charge in [0, 0.05) is 6.42 Å². The third-order valence-corrected chi connectivity index (χ3v) is 4.26. The molecule has 30 heavy (non-hydrogen) atoms. The molecule has 0 aliphatic rings. The minimum Gasteiger partial charge on any atom is -0.493 e. The number of ether oxygens (including phenoxy) is 4. The zero-order chi connectivity index (χ0) is 21.9. The molecule has 0 saturated heterocycles. The van der Waals surface area contributed by atoms with Gasteiger partial charge in [-0.2, -0.15) is 0 Å². The molecule has 0 aliphatic heterocycles. The van der Waals surface area contributed by atoms with Crippen molar-refractivity contribution >= 4 is 17.8 Å². The highest BCUT2D eigenvalue weighted by Gasteiger charge is 2.22. The average molecular weight is 415 g/mol. The molecular weight excluding hydrogens is 390 g/mol. The van der Waals surface area contributed by atoms with E-state index in [-0.39, 0.29) is 12.8 Å². The van der Waals surface area contributed by atoms with Gasteiger partial charge in [0.1, 0.15) is 6.04 Å². The van der Waals surface area contributed by atoms with Gasteiger partial charge < -0.3 is 24.3 Å². The van der Waals surface area contributed by atoms with Crippen molar-refractivity contribution in [2.45, 2.75) is 18.9 Å². The second-order valence-electron chi connectivity index (χ2n) is 6.36. The van der Waals surface area contributed by atoms with Crippen LogP contribution in [0.15, 0.2) is 48.5 Å². The van der Waals surface area contributed by atoms with E-state index in [0.29, 0.717) is 17.1 Å². The molecule has 0 spiro atoms. The maximum atomic E-state index is 12.2. The van der Waals surface area contributed by atoms with E-state index >= 15 is 0 Å². The molecular formula is C22H25NO7. The average Bonchev–Trinajstić information content (AvgIpc) is 2.77. The highest BCUT2D eigenvalue weighted by Crippen LogP contribution is 2.27. The summed E-state index contributed by atoms with van der Waals surface area (Å²) in [5.74, 6) is -0.732. The maximum Gasteiger partial charge on any atom is 0.328 e. The molecule has 2 aromatic rings. The number of nitrogens with one attached hydrogen (secondary N) is 1. The summed E-state index contributed by atoms with van der Waals surface area (Å²) in [6.45, 7) is -0.506. The number of methoxy groups -OCH3 is 3. The lowest BCUT2D eigenvalue weighted by Crippen LogP contribution is -2.44. The molecule has 1 atom stereocenters. The first-order valence-corrected chi connectivity index (χ1v) is 9.24. The Morgan fingerprint density at radius 3 is 2.23 bits per heavy atom. The van der Waals surface area contributed by atoms with Crippen LogP contribution < -0.4 is 14.8 Å². The van der Waals surface area contributed by atoms with Gasteiger partial charge in [-0.15, -0.1) is 0 Å². The number of carbonyl (C=O) groups is 3. The quantitative estimate of drug-likeness (QED) is 0.590. The topological polar surface area (TPSA) is 100 Å². The zero-order valence-corrected chi connectivity index (χ0v) is 17.2. The molecule has 0 aromatic heterocycles. The van der Waals surface area contributed by atoms with Crippen LogP contribution in [-0.4, -0.2) is 51.8 Å². The second-order valence-corrected chi connectivity index (χ2v) is 6.36. The van der Waals surface area contributed by atoms with Gasteiger partial charge in [-0.1, -0.05) is 36.4 Å². The minimum atomic E-state index is -0.880. The molecule has 160 valence electrons. The maximum absolute atomic E-state index is 12.2. The first-order chi connectivity index (χ1) is 14.5. The lowest BCUT2D eigenvalue weighted by Gasteiger charge is -2.16. The summed E-state index contributed by atoms with van der Waals surface area (Å²) in [6, 6.07) is 13.4. The van der Waals surface area contributed by atoms with Crippen molar-refractivity contribution in [1.29, 1.82) is 0 Å². The standard InChI is InChI=1S/C22H25NO7/c1-27-18-10-9-16(12-19(18)28-2)13-21(25)30-14-20(24)23-17(22(26)29-3)11-15-7-5-4-6-8-15/h4-10,12,17H,11,13-14H2,1-3H3,(H,23,24)/t17-/m1/s1. The summed E-state index contributed by atoms with van der Waals surface area (Å²) in [5, 5.41) is 2.54. The fourth-order valence-electron chi connectivity index (χ4n) is 2.78. The Labute approximate surface area is 175 Å². The lowest BCUT2D eigenvalue weighted by atomic mass is 10.1. The van der Waals surface area contributed by atoms with E-state index in [9.17, 15) is 14.4 Å². The Morgan fingerprint density at radius 2 is 1.60 bits per heavy atom. The van der Waals surface area contributed by atoms with Crippen molar-refractivity contribution in [1.82, 2.24) is 5.32 Å². The minimum absolute atomic E-state index is 0.0436. The predicted octanol–water partition coefficient (Wildman–Crippen LogP) is 1.69. The predicted molar refractivity (Wildman–Crippen MR) is 108 cm³/mol. The number of benzene rings is 2. The van der Waals surface area contributed by atoms with Crippen molar-refractivity contribution in [3.05, 3.63) is 59.7 Å². The molecule has 0 unspecified atom stereocenters. The van der Waals surface area contributed by atoms with Gasteiger partial charge in [0.05, 0.1) is 27.8 Å². The molecule has 1 amide bonds. The summed E-state index contributed by atoms with van der Waals surface area (Å²) < 4.78 is 20.1. The first kappa shape index (κ1) is 22.7. The Kier molecular flexibility index (Phi) is 8.68. The van der Waals surface area contributed by atoms with Gasteiger partial charge in [-0.25, -0.2) is 4.79 Å². The molecule has 8 nitrogen and oxygen atoms in total. The molecule has 2 rings (SSSR count). The second kappa shape index (κ2) is 11.5. The third-order valence-electron chi connectivity index (χ3n) is 4.26. The SMILES string of the molecule is COC(=O)[C@@H](Cc1ccccc1)NC(=O)COC(=O)Cc1ccc(OC)c(OC)c1. The summed E-state index contributed by atoms with van der Waals surface area (Å²) in [6.07, 6.45) is 0.219. The van der Waals surface area contributed by atoms with E-state index in [1.165, 1.54) is 21.3 Å². The fraction of sp³-hybridized carbons (Fsp3) is 0.318. The monoisotopic (exact) mass is 415 g/mol. The van der Waals surface area contributed by atoms with E-state index < -0.39 is 30.5 Å². The summed E-state index contributed by atoms with van der Waals surface area (Å²) in [7, 11) is 4.26. The molecule has 0 bridgehead atoms. The zero-order valence-electron chi connectivity index (χ0n) is 17.2. The van der Waals surface area contributed by atoms with Crippen molar-refractivity contribution in [2.24, 2.45) is 0 Å². The molecule has 0 radical (unpaired) electrons. The Balaban J connectivity index is 1.88. The molecule has 0 fully saturated rings. The number of hydrogen-bond donors (Lipinski definition) is 1. The van der Waals surface area contributed by atoms with Crippen molar-refractivity contribution in [3.63, 3.8) is 0 Å². The van der Waals surface area contributed by atoms with Crippen LogP contribution in [0, 0.1) is 0 Å². The van der Waals surface area contributed by atoms with E-state index in [1.54, 1.807) is 18.2 Å². The van der Waals surface area contributed by atoms with Gasteiger partial charge in [0.25, 0.3) is 5.91 Å². The Hall–Kier alpha value is -3.55. The highest BCUT2D eigenvalue weighted by atomic mass is 16.5. The van der Waals surface area contributed by atoms with Crippen LogP contribution in [0.25, 0.3) is 0 Å². The smallest absolute Gasteiger partial charge is 0.328 e. The van der Waals surface area contributed by atoms with Crippen LogP contribution in [0.2, 0.25) is 0 Å². The van der Waals surface area contributed by atoms with Crippen LogP contribution in [0.3, 0.4) is 0 Å². The summed E-state index contributed by atoms with van der Waals surface area (Å²) in [4.78, 5) is 36.2. The Morgan fingerprint density at radius 1 is 0.900 bits per heavy atom. The van der Waals surface area contributed by atoms with Gasteiger partial charge in [0.2, 0.25) is 0 Å². The van der Waals surface area contributed by atoms with Crippen LogP contribution in [0.1, 0.15) is 11.1 Å². The first-order valence-electron chi connectivity index (χ1n) is 9.24. The van der Waals surface area contributed by atoms with E-state index in [0.717, 1.165) is 5.56 Å². The summed E-state index contributed by atoms with van der Waals surface area (Å²) in [5.41, 5.74) is 1.51. The Bertz CT molecular complexity index is 867. The van der Waals surface area contributed by atoms with Gasteiger partial charge >= 0.3 is 11.9 Å². The molecule has 1 N–H and O–H groups in total. The van der Waals surface area contributed by atoms with Gasteiger partial charge in [-0.3, -0.25) is 9.59 Å².